The van der Waals surface area contributed by atoms with Crippen LogP contribution in [0.3, 0.4) is 0 Å². The summed E-state index contributed by atoms with van der Waals surface area (Å²) in [6.45, 7) is 17.9. The van der Waals surface area contributed by atoms with Crippen LogP contribution in [0.15, 0.2) is 34.9 Å². The van der Waals surface area contributed by atoms with Crippen molar-refractivity contribution < 1.29 is 4.74 Å². The third-order valence-corrected chi connectivity index (χ3v) is 5.39. The summed E-state index contributed by atoms with van der Waals surface area (Å²) in [6.07, 6.45) is 14.2. The van der Waals surface area contributed by atoms with E-state index in [1.165, 1.54) is 36.8 Å². The predicted octanol–water partition coefficient (Wildman–Crippen LogP) is 7.25. The molecular weight excluding hydrogens is 292 g/mol. The summed E-state index contributed by atoms with van der Waals surface area (Å²) in [4.78, 5) is 0. The Hall–Kier alpha value is -0.820. The maximum atomic E-state index is 5.82. The first-order valence-electron chi connectivity index (χ1n) is 9.79. The van der Waals surface area contributed by atoms with Gasteiger partial charge in [0.1, 0.15) is 0 Å². The average molecular weight is 333 g/mol. The summed E-state index contributed by atoms with van der Waals surface area (Å²) in [5, 5.41) is 0. The minimum atomic E-state index is 0.275. The van der Waals surface area contributed by atoms with Gasteiger partial charge < -0.3 is 4.74 Å². The van der Waals surface area contributed by atoms with E-state index in [0.717, 1.165) is 26.1 Å². The van der Waals surface area contributed by atoms with Crippen LogP contribution in [0.25, 0.3) is 0 Å². The van der Waals surface area contributed by atoms with Crippen LogP contribution in [0.2, 0.25) is 0 Å². The summed E-state index contributed by atoms with van der Waals surface area (Å²) in [6, 6.07) is 0. The molecule has 0 aromatic carbocycles. The van der Waals surface area contributed by atoms with Crippen LogP contribution in [0.5, 0.6) is 0 Å². The number of allylic oxidation sites excluding steroid dienone is 5. The third kappa shape index (κ3) is 7.38. The van der Waals surface area contributed by atoms with E-state index in [0.29, 0.717) is 5.41 Å². The summed E-state index contributed by atoms with van der Waals surface area (Å²) in [7, 11) is 0. The van der Waals surface area contributed by atoms with Gasteiger partial charge in [-0.2, -0.15) is 0 Å². The first kappa shape index (κ1) is 21.2. The summed E-state index contributed by atoms with van der Waals surface area (Å²) < 4.78 is 5.82. The molecule has 0 atom stereocenters. The van der Waals surface area contributed by atoms with Gasteiger partial charge in [-0.3, -0.25) is 0 Å². The quantitative estimate of drug-likeness (QED) is 0.319. The van der Waals surface area contributed by atoms with Gasteiger partial charge in [0.2, 0.25) is 0 Å². The summed E-state index contributed by atoms with van der Waals surface area (Å²) in [5.41, 5.74) is 5.14. The van der Waals surface area contributed by atoms with Crippen LogP contribution in [-0.4, -0.2) is 13.2 Å². The largest absolute Gasteiger partial charge is 0.377 e. The second kappa shape index (κ2) is 9.61. The van der Waals surface area contributed by atoms with Crippen LogP contribution < -0.4 is 0 Å². The van der Waals surface area contributed by atoms with E-state index in [-0.39, 0.29) is 5.41 Å². The second-order valence-corrected chi connectivity index (χ2v) is 8.97. The molecule has 1 aliphatic rings. The fraction of sp³-hybridized carbons (Fsp3) is 0.739. The fourth-order valence-electron chi connectivity index (χ4n) is 2.95. The Balaban J connectivity index is 2.51. The molecular formula is C23H40O. The smallest absolute Gasteiger partial charge is 0.0680 e. The molecule has 138 valence electrons. The van der Waals surface area contributed by atoms with E-state index in [4.69, 9.17) is 4.74 Å². The zero-order chi connectivity index (χ0) is 18.2. The SMILES string of the molecule is CCCCOCC1=CCC=C(C(C)(C)CCC=C(C)C(C)(C)C)C1. The zero-order valence-electron chi connectivity index (χ0n) is 17.3. The Morgan fingerprint density at radius 2 is 1.88 bits per heavy atom. The lowest BCUT2D eigenvalue weighted by Gasteiger charge is -2.31. The highest BCUT2D eigenvalue weighted by atomic mass is 16.5. The Morgan fingerprint density at radius 3 is 2.50 bits per heavy atom. The number of unbranched alkanes of at least 4 members (excludes halogenated alkanes) is 1. The fourth-order valence-corrected chi connectivity index (χ4v) is 2.95. The molecule has 0 radical (unpaired) electrons. The van der Waals surface area contributed by atoms with Crippen molar-refractivity contribution in [1.82, 2.24) is 0 Å². The van der Waals surface area contributed by atoms with Gasteiger partial charge in [-0.25, -0.2) is 0 Å². The molecule has 0 spiro atoms. The number of hydrogen-bond donors (Lipinski definition) is 0. The van der Waals surface area contributed by atoms with Gasteiger partial charge in [-0.15, -0.1) is 0 Å². The maximum absolute atomic E-state index is 5.82. The van der Waals surface area contributed by atoms with E-state index in [9.17, 15) is 0 Å². The highest BCUT2D eigenvalue weighted by Gasteiger charge is 2.24. The van der Waals surface area contributed by atoms with Crippen LogP contribution in [0.1, 0.15) is 87.0 Å². The van der Waals surface area contributed by atoms with Gasteiger partial charge in [0.05, 0.1) is 6.61 Å². The lowest BCUT2D eigenvalue weighted by Crippen LogP contribution is -2.18. The Kier molecular flexibility index (Phi) is 8.50. The van der Waals surface area contributed by atoms with Gasteiger partial charge in [-0.05, 0) is 55.4 Å². The van der Waals surface area contributed by atoms with Crippen molar-refractivity contribution in [2.24, 2.45) is 10.8 Å². The standard InChI is InChI=1S/C23H40O/c1-8-9-16-24-18-20-13-10-14-21(17-20)23(6,7)15-11-12-19(2)22(3,4)5/h12-14H,8-11,15-18H2,1-7H3. The molecule has 0 aliphatic heterocycles. The molecule has 1 rings (SSSR count). The van der Waals surface area contributed by atoms with Gasteiger partial charge >= 0.3 is 0 Å². The van der Waals surface area contributed by atoms with Crippen molar-refractivity contribution in [1.29, 1.82) is 0 Å². The number of rotatable bonds is 9. The molecule has 24 heavy (non-hydrogen) atoms. The molecule has 0 heterocycles. The molecule has 1 nitrogen and oxygen atoms in total. The van der Waals surface area contributed by atoms with E-state index in [2.05, 4.69) is 66.7 Å². The van der Waals surface area contributed by atoms with Crippen LogP contribution in [0.4, 0.5) is 0 Å². The predicted molar refractivity (Wildman–Crippen MR) is 107 cm³/mol. The normalized spacial score (nSPS) is 16.9. The van der Waals surface area contributed by atoms with Crippen molar-refractivity contribution in [3.63, 3.8) is 0 Å². The van der Waals surface area contributed by atoms with Crippen molar-refractivity contribution in [3.05, 3.63) is 34.9 Å². The van der Waals surface area contributed by atoms with Gasteiger partial charge in [0.25, 0.3) is 0 Å². The second-order valence-electron chi connectivity index (χ2n) is 8.97. The molecule has 1 aliphatic carbocycles. The van der Waals surface area contributed by atoms with Gasteiger partial charge in [0.15, 0.2) is 0 Å². The monoisotopic (exact) mass is 332 g/mol. The lowest BCUT2D eigenvalue weighted by molar-refractivity contribution is 0.150. The minimum absolute atomic E-state index is 0.275. The Bertz CT molecular complexity index is 469. The molecule has 0 saturated carbocycles. The highest BCUT2D eigenvalue weighted by molar-refractivity contribution is 5.27. The van der Waals surface area contributed by atoms with Crippen molar-refractivity contribution in [2.45, 2.75) is 87.0 Å². The van der Waals surface area contributed by atoms with E-state index in [1.54, 1.807) is 5.57 Å². The Morgan fingerprint density at radius 1 is 1.17 bits per heavy atom. The van der Waals surface area contributed by atoms with Crippen LogP contribution in [0, 0.1) is 10.8 Å². The molecule has 0 saturated heterocycles. The van der Waals surface area contributed by atoms with Crippen molar-refractivity contribution in [2.75, 3.05) is 13.2 Å². The minimum Gasteiger partial charge on any atom is -0.377 e. The van der Waals surface area contributed by atoms with Crippen LogP contribution >= 0.6 is 0 Å². The average Bonchev–Trinajstić information content (AvgIpc) is 2.51. The summed E-state index contributed by atoms with van der Waals surface area (Å²) >= 11 is 0. The van der Waals surface area contributed by atoms with E-state index in [1.807, 2.05) is 0 Å². The highest BCUT2D eigenvalue weighted by Crippen LogP contribution is 2.38. The summed E-state index contributed by atoms with van der Waals surface area (Å²) in [5.74, 6) is 0. The maximum Gasteiger partial charge on any atom is 0.0680 e. The van der Waals surface area contributed by atoms with Gasteiger partial charge in [-0.1, -0.05) is 77.3 Å². The van der Waals surface area contributed by atoms with Crippen molar-refractivity contribution >= 4 is 0 Å². The van der Waals surface area contributed by atoms with Gasteiger partial charge in [0, 0.05) is 6.61 Å². The molecule has 1 heteroatoms. The molecule has 0 amide bonds. The molecule has 0 bridgehead atoms. The van der Waals surface area contributed by atoms with E-state index >= 15 is 0 Å². The molecule has 0 aromatic heterocycles. The molecule has 0 unspecified atom stereocenters. The number of ether oxygens (including phenoxy) is 1. The Labute approximate surface area is 151 Å². The van der Waals surface area contributed by atoms with Crippen LogP contribution in [-0.2, 0) is 4.74 Å². The first-order chi connectivity index (χ1) is 11.2. The molecule has 0 N–H and O–H groups in total. The third-order valence-electron chi connectivity index (χ3n) is 5.39. The molecule has 0 aromatic rings. The first-order valence-corrected chi connectivity index (χ1v) is 9.79. The van der Waals surface area contributed by atoms with Crippen molar-refractivity contribution in [3.8, 4) is 0 Å². The zero-order valence-corrected chi connectivity index (χ0v) is 17.3. The molecule has 0 fully saturated rings. The lowest BCUT2D eigenvalue weighted by atomic mass is 9.75. The number of hydrogen-bond acceptors (Lipinski definition) is 1. The van der Waals surface area contributed by atoms with E-state index < -0.39 is 0 Å². The topological polar surface area (TPSA) is 9.23 Å².